The van der Waals surface area contributed by atoms with E-state index in [4.69, 9.17) is 16.3 Å². The van der Waals surface area contributed by atoms with E-state index in [1.54, 1.807) is 19.1 Å². The zero-order valence-corrected chi connectivity index (χ0v) is 12.0. The lowest BCUT2D eigenvalue weighted by Gasteiger charge is -2.16. The summed E-state index contributed by atoms with van der Waals surface area (Å²) in [5.74, 6) is -0.621. The summed E-state index contributed by atoms with van der Waals surface area (Å²) in [4.78, 5) is 0. The zero-order chi connectivity index (χ0) is 14.7. The summed E-state index contributed by atoms with van der Waals surface area (Å²) >= 11 is 6.36. The second kappa shape index (κ2) is 6.23. The first kappa shape index (κ1) is 14.8. The molecule has 1 nitrogen and oxygen atoms in total. The van der Waals surface area contributed by atoms with Crippen LogP contribution in [0.15, 0.2) is 36.4 Å². The quantitative estimate of drug-likeness (QED) is 0.721. The molecule has 0 aromatic heterocycles. The van der Waals surface area contributed by atoms with Gasteiger partial charge in [0.2, 0.25) is 0 Å². The molecule has 0 fully saturated rings. The van der Waals surface area contributed by atoms with E-state index in [1.807, 2.05) is 19.1 Å². The van der Waals surface area contributed by atoms with Crippen LogP contribution in [0.25, 0.3) is 0 Å². The fraction of sp³-hybridized carbons (Fsp3) is 0.250. The summed E-state index contributed by atoms with van der Waals surface area (Å²) in [6.45, 7) is 3.94. The van der Waals surface area contributed by atoms with Crippen LogP contribution < -0.4 is 4.74 Å². The molecule has 20 heavy (non-hydrogen) atoms. The molecule has 2 aromatic carbocycles. The number of ether oxygens (including phenoxy) is 1. The third-order valence-electron chi connectivity index (χ3n) is 3.04. The molecule has 106 valence electrons. The number of rotatable bonds is 4. The molecular formula is C16H15ClF2O. The highest BCUT2D eigenvalue weighted by Crippen LogP contribution is 2.36. The third kappa shape index (κ3) is 2.93. The molecule has 2 rings (SSSR count). The Morgan fingerprint density at radius 2 is 1.80 bits per heavy atom. The van der Waals surface area contributed by atoms with Crippen LogP contribution in [0.3, 0.4) is 0 Å². The number of benzene rings is 2. The van der Waals surface area contributed by atoms with Crippen LogP contribution in [0.2, 0.25) is 0 Å². The van der Waals surface area contributed by atoms with Gasteiger partial charge in [0, 0.05) is 17.2 Å². The first-order chi connectivity index (χ1) is 9.54. The highest BCUT2D eigenvalue weighted by atomic mass is 35.5. The van der Waals surface area contributed by atoms with Crippen molar-refractivity contribution >= 4 is 11.6 Å². The molecule has 0 N–H and O–H groups in total. The number of para-hydroxylation sites is 1. The molecule has 0 aliphatic rings. The molecular weight excluding hydrogens is 282 g/mol. The summed E-state index contributed by atoms with van der Waals surface area (Å²) in [5.41, 5.74) is 1.28. The van der Waals surface area contributed by atoms with Gasteiger partial charge in [0.25, 0.3) is 0 Å². The van der Waals surface area contributed by atoms with Crippen molar-refractivity contribution in [2.24, 2.45) is 0 Å². The number of alkyl halides is 1. The Balaban J connectivity index is 2.46. The van der Waals surface area contributed by atoms with Crippen molar-refractivity contribution in [2.75, 3.05) is 6.61 Å². The molecule has 0 saturated carbocycles. The molecule has 0 aliphatic heterocycles. The highest BCUT2D eigenvalue weighted by Gasteiger charge is 2.20. The maximum Gasteiger partial charge on any atom is 0.131 e. The fourth-order valence-electron chi connectivity index (χ4n) is 2.02. The summed E-state index contributed by atoms with van der Waals surface area (Å²) in [6.07, 6.45) is 0. The van der Waals surface area contributed by atoms with E-state index in [1.165, 1.54) is 6.07 Å². The predicted octanol–water partition coefficient (Wildman–Crippen LogP) is 5.00. The molecule has 0 spiro atoms. The molecule has 0 saturated heterocycles. The van der Waals surface area contributed by atoms with E-state index in [9.17, 15) is 8.78 Å². The number of hydrogen-bond donors (Lipinski definition) is 0. The molecule has 0 bridgehead atoms. The Labute approximate surface area is 122 Å². The van der Waals surface area contributed by atoms with Crippen molar-refractivity contribution in [2.45, 2.75) is 19.2 Å². The van der Waals surface area contributed by atoms with Crippen LogP contribution in [-0.2, 0) is 0 Å². The number of hydrogen-bond acceptors (Lipinski definition) is 1. The van der Waals surface area contributed by atoms with E-state index in [0.717, 1.165) is 6.07 Å². The highest BCUT2D eigenvalue weighted by molar-refractivity contribution is 6.22. The Kier molecular flexibility index (Phi) is 4.61. The van der Waals surface area contributed by atoms with E-state index < -0.39 is 17.0 Å². The third-order valence-corrected chi connectivity index (χ3v) is 3.51. The SMILES string of the molecule is CCOc1ccccc1C(Cl)c1cc(C)c(F)cc1F. The lowest BCUT2D eigenvalue weighted by Crippen LogP contribution is -2.03. The van der Waals surface area contributed by atoms with E-state index in [0.29, 0.717) is 23.5 Å². The monoisotopic (exact) mass is 296 g/mol. The Morgan fingerprint density at radius 3 is 2.50 bits per heavy atom. The van der Waals surface area contributed by atoms with Crippen molar-refractivity contribution in [1.29, 1.82) is 0 Å². The van der Waals surface area contributed by atoms with Gasteiger partial charge in [0.05, 0.1) is 12.0 Å². The van der Waals surface area contributed by atoms with Crippen molar-refractivity contribution < 1.29 is 13.5 Å². The summed E-state index contributed by atoms with van der Waals surface area (Å²) in [7, 11) is 0. The van der Waals surface area contributed by atoms with E-state index in [-0.39, 0.29) is 5.56 Å². The molecule has 1 atom stereocenters. The van der Waals surface area contributed by atoms with Gasteiger partial charge in [-0.25, -0.2) is 8.78 Å². The van der Waals surface area contributed by atoms with Gasteiger partial charge < -0.3 is 4.74 Å². The number of halogens is 3. The number of aryl methyl sites for hydroxylation is 1. The molecule has 4 heteroatoms. The Hall–Kier alpha value is -1.61. The van der Waals surface area contributed by atoms with Gasteiger partial charge in [-0.05, 0) is 31.5 Å². The van der Waals surface area contributed by atoms with Crippen LogP contribution in [0.5, 0.6) is 5.75 Å². The summed E-state index contributed by atoms with van der Waals surface area (Å²) in [5, 5.41) is -0.725. The molecule has 0 aliphatic carbocycles. The Bertz CT molecular complexity index is 613. The van der Waals surface area contributed by atoms with Crippen molar-refractivity contribution in [3.8, 4) is 5.75 Å². The minimum Gasteiger partial charge on any atom is -0.494 e. The topological polar surface area (TPSA) is 9.23 Å². The minimum absolute atomic E-state index is 0.248. The molecule has 1 unspecified atom stereocenters. The van der Waals surface area contributed by atoms with Gasteiger partial charge in [0.15, 0.2) is 0 Å². The van der Waals surface area contributed by atoms with Crippen LogP contribution in [0.1, 0.15) is 29.0 Å². The van der Waals surface area contributed by atoms with Crippen molar-refractivity contribution in [3.63, 3.8) is 0 Å². The van der Waals surface area contributed by atoms with Gasteiger partial charge >= 0.3 is 0 Å². The van der Waals surface area contributed by atoms with Crippen LogP contribution in [0.4, 0.5) is 8.78 Å². The van der Waals surface area contributed by atoms with Gasteiger partial charge in [0.1, 0.15) is 17.4 Å². The first-order valence-corrected chi connectivity index (χ1v) is 6.79. The van der Waals surface area contributed by atoms with Crippen molar-refractivity contribution in [1.82, 2.24) is 0 Å². The normalized spacial score (nSPS) is 12.2. The largest absolute Gasteiger partial charge is 0.494 e. The first-order valence-electron chi connectivity index (χ1n) is 6.36. The van der Waals surface area contributed by atoms with Gasteiger partial charge in [-0.3, -0.25) is 0 Å². The minimum atomic E-state index is -0.725. The van der Waals surface area contributed by atoms with Crippen LogP contribution in [-0.4, -0.2) is 6.61 Å². The van der Waals surface area contributed by atoms with Crippen molar-refractivity contribution in [3.05, 3.63) is 64.7 Å². The lowest BCUT2D eigenvalue weighted by molar-refractivity contribution is 0.336. The maximum atomic E-state index is 13.9. The second-order valence-corrected chi connectivity index (χ2v) is 4.89. The molecule has 0 radical (unpaired) electrons. The average molecular weight is 297 g/mol. The second-order valence-electron chi connectivity index (χ2n) is 4.46. The van der Waals surface area contributed by atoms with E-state index in [2.05, 4.69) is 0 Å². The average Bonchev–Trinajstić information content (AvgIpc) is 2.43. The zero-order valence-electron chi connectivity index (χ0n) is 11.3. The molecule has 0 amide bonds. The van der Waals surface area contributed by atoms with Crippen LogP contribution >= 0.6 is 11.6 Å². The summed E-state index contributed by atoms with van der Waals surface area (Å²) < 4.78 is 32.7. The Morgan fingerprint density at radius 1 is 1.10 bits per heavy atom. The standard InChI is InChI=1S/C16H15ClF2O/c1-3-20-15-7-5-4-6-11(15)16(17)12-8-10(2)13(18)9-14(12)19/h4-9,16H,3H2,1-2H3. The smallest absolute Gasteiger partial charge is 0.131 e. The maximum absolute atomic E-state index is 13.9. The van der Waals surface area contributed by atoms with E-state index >= 15 is 0 Å². The van der Waals surface area contributed by atoms with Gasteiger partial charge in [-0.2, -0.15) is 0 Å². The van der Waals surface area contributed by atoms with Crippen LogP contribution in [0, 0.1) is 18.6 Å². The molecule has 0 heterocycles. The van der Waals surface area contributed by atoms with Gasteiger partial charge in [-0.1, -0.05) is 18.2 Å². The van der Waals surface area contributed by atoms with Gasteiger partial charge in [-0.15, -0.1) is 11.6 Å². The summed E-state index contributed by atoms with van der Waals surface area (Å²) in [6, 6.07) is 9.49. The molecule has 2 aromatic rings. The predicted molar refractivity (Wildman–Crippen MR) is 76.4 cm³/mol. The lowest BCUT2D eigenvalue weighted by atomic mass is 10.0. The fourth-order valence-corrected chi connectivity index (χ4v) is 2.37.